The molecular formula is C16H23NO4. The highest BCUT2D eigenvalue weighted by atomic mass is 16.7. The van der Waals surface area contributed by atoms with E-state index in [0.29, 0.717) is 6.61 Å². The lowest BCUT2D eigenvalue weighted by molar-refractivity contribution is -0.192. The lowest BCUT2D eigenvalue weighted by Crippen LogP contribution is -2.34. The molecule has 5 nitrogen and oxygen atoms in total. The van der Waals surface area contributed by atoms with E-state index in [2.05, 4.69) is 6.92 Å². The Morgan fingerprint density at radius 3 is 2.19 bits per heavy atom. The topological polar surface area (TPSA) is 55.8 Å². The molecule has 0 aromatic rings. The van der Waals surface area contributed by atoms with Gasteiger partial charge < -0.3 is 4.74 Å². The molecular weight excluding hydrogens is 270 g/mol. The minimum atomic E-state index is -0.364. The van der Waals surface area contributed by atoms with Gasteiger partial charge in [-0.15, -0.1) is 0 Å². The highest BCUT2D eigenvalue weighted by molar-refractivity contribution is 6.05. The van der Waals surface area contributed by atoms with Crippen molar-refractivity contribution in [2.24, 2.45) is 11.8 Å². The van der Waals surface area contributed by atoms with E-state index in [1.54, 1.807) is 0 Å². The van der Waals surface area contributed by atoms with Crippen LogP contribution in [-0.2, 0) is 19.2 Å². The highest BCUT2D eigenvalue weighted by Crippen LogP contribution is 2.45. The molecule has 4 unspecified atom stereocenters. The summed E-state index contributed by atoms with van der Waals surface area (Å²) in [7, 11) is 0. The monoisotopic (exact) mass is 293 g/mol. The van der Waals surface area contributed by atoms with Crippen LogP contribution in [0.2, 0.25) is 0 Å². The molecule has 0 radical (unpaired) electrons. The molecule has 5 heteroatoms. The van der Waals surface area contributed by atoms with Gasteiger partial charge in [-0.1, -0.05) is 51.2 Å². The first kappa shape index (κ1) is 14.7. The Morgan fingerprint density at radius 1 is 1.00 bits per heavy atom. The van der Waals surface area contributed by atoms with Crippen molar-refractivity contribution in [1.82, 2.24) is 5.06 Å². The number of hydroxylamine groups is 2. The molecule has 2 bridgehead atoms. The third kappa shape index (κ3) is 2.64. The molecule has 0 N–H and O–H groups in total. The molecule has 4 atom stereocenters. The first-order chi connectivity index (χ1) is 10.2. The van der Waals surface area contributed by atoms with E-state index in [-0.39, 0.29) is 35.9 Å². The maximum absolute atomic E-state index is 12.3. The van der Waals surface area contributed by atoms with Gasteiger partial charge in [0.1, 0.15) is 0 Å². The quantitative estimate of drug-likeness (QED) is 0.391. The van der Waals surface area contributed by atoms with Crippen LogP contribution in [0.5, 0.6) is 0 Å². The van der Waals surface area contributed by atoms with Crippen LogP contribution in [0.25, 0.3) is 0 Å². The minimum absolute atomic E-state index is 0.229. The van der Waals surface area contributed by atoms with Crippen LogP contribution >= 0.6 is 0 Å². The Morgan fingerprint density at radius 2 is 1.57 bits per heavy atom. The van der Waals surface area contributed by atoms with E-state index < -0.39 is 0 Å². The van der Waals surface area contributed by atoms with Crippen LogP contribution in [-0.4, -0.2) is 35.7 Å². The second-order valence-corrected chi connectivity index (χ2v) is 6.07. The average Bonchev–Trinajstić information content (AvgIpc) is 3.15. The number of carbonyl (C=O) groups is 2. The van der Waals surface area contributed by atoms with E-state index in [1.807, 2.05) is 12.2 Å². The molecule has 21 heavy (non-hydrogen) atoms. The molecule has 3 aliphatic rings. The van der Waals surface area contributed by atoms with Crippen molar-refractivity contribution < 1.29 is 19.2 Å². The van der Waals surface area contributed by atoms with Gasteiger partial charge in [0.2, 0.25) is 0 Å². The van der Waals surface area contributed by atoms with E-state index in [1.165, 1.54) is 25.7 Å². The van der Waals surface area contributed by atoms with Crippen LogP contribution in [0.4, 0.5) is 0 Å². The van der Waals surface area contributed by atoms with Gasteiger partial charge in [-0.2, -0.15) is 5.06 Å². The van der Waals surface area contributed by atoms with Gasteiger partial charge in [-0.3, -0.25) is 14.4 Å². The van der Waals surface area contributed by atoms with Gasteiger partial charge in [0.25, 0.3) is 11.8 Å². The number of fused-ring (bicyclic) bond motifs is 5. The summed E-state index contributed by atoms with van der Waals surface area (Å²) in [5.41, 5.74) is 0. The predicted octanol–water partition coefficient (Wildman–Crippen LogP) is 2.22. The average molecular weight is 293 g/mol. The van der Waals surface area contributed by atoms with Crippen molar-refractivity contribution in [1.29, 1.82) is 0 Å². The zero-order chi connectivity index (χ0) is 14.8. The second-order valence-electron chi connectivity index (χ2n) is 6.07. The number of nitrogens with zero attached hydrogens (tertiary/aromatic N) is 1. The van der Waals surface area contributed by atoms with E-state index in [0.717, 1.165) is 17.9 Å². The summed E-state index contributed by atoms with van der Waals surface area (Å²) >= 11 is 0. The predicted molar refractivity (Wildman–Crippen MR) is 76.0 cm³/mol. The Kier molecular flexibility index (Phi) is 4.40. The molecule has 3 heterocycles. The molecule has 3 rings (SSSR count). The summed E-state index contributed by atoms with van der Waals surface area (Å²) in [6, 6.07) is 0. The number of carbonyl (C=O) groups excluding carboxylic acids is 2. The van der Waals surface area contributed by atoms with E-state index >= 15 is 0 Å². The maximum atomic E-state index is 12.3. The molecule has 0 aliphatic carbocycles. The number of ether oxygens (including phenoxy) is 1. The lowest BCUT2D eigenvalue weighted by Gasteiger charge is -2.16. The van der Waals surface area contributed by atoms with Gasteiger partial charge in [-0.05, 0) is 6.42 Å². The Bertz CT molecular complexity index is 418. The molecule has 0 spiro atoms. The van der Waals surface area contributed by atoms with Gasteiger partial charge in [-0.25, -0.2) is 0 Å². The minimum Gasteiger partial charge on any atom is -0.365 e. The first-order valence-electron chi connectivity index (χ1n) is 8.08. The van der Waals surface area contributed by atoms with Crippen molar-refractivity contribution >= 4 is 11.8 Å². The molecule has 116 valence electrons. The van der Waals surface area contributed by atoms with E-state index in [9.17, 15) is 9.59 Å². The fraction of sp³-hybridized carbons (Fsp3) is 0.750. The van der Waals surface area contributed by atoms with Crippen molar-refractivity contribution in [2.45, 2.75) is 57.7 Å². The van der Waals surface area contributed by atoms with Crippen LogP contribution < -0.4 is 0 Å². The second kappa shape index (κ2) is 6.28. The number of imide groups is 1. The normalized spacial score (nSPS) is 33.3. The standard InChI is InChI=1S/C16H23NO4/c1-2-3-4-5-6-7-10-20-17-15(18)13-11-8-9-12(21-11)14(13)16(17)19/h8-9,11-14H,2-7,10H2,1H3. The van der Waals surface area contributed by atoms with Crippen molar-refractivity contribution in [3.63, 3.8) is 0 Å². The molecule has 0 aromatic carbocycles. The van der Waals surface area contributed by atoms with Crippen LogP contribution in [0, 0.1) is 11.8 Å². The summed E-state index contributed by atoms with van der Waals surface area (Å²) in [6.07, 6.45) is 10.2. The third-order valence-corrected chi connectivity index (χ3v) is 4.59. The zero-order valence-electron chi connectivity index (χ0n) is 12.5. The molecule has 0 saturated carbocycles. The SMILES string of the molecule is CCCCCCCCON1C(=O)C2C3C=CC(O3)C2C1=O. The fourth-order valence-corrected chi connectivity index (χ4v) is 3.44. The lowest BCUT2D eigenvalue weighted by atomic mass is 9.85. The summed E-state index contributed by atoms with van der Waals surface area (Å²) in [4.78, 5) is 30.0. The van der Waals surface area contributed by atoms with Gasteiger partial charge >= 0.3 is 0 Å². The Labute approximate surface area is 125 Å². The van der Waals surface area contributed by atoms with Crippen LogP contribution in [0.3, 0.4) is 0 Å². The van der Waals surface area contributed by atoms with Gasteiger partial charge in [0.05, 0.1) is 30.7 Å². The van der Waals surface area contributed by atoms with Crippen molar-refractivity contribution in [2.75, 3.05) is 6.61 Å². The van der Waals surface area contributed by atoms with Crippen molar-refractivity contribution in [3.8, 4) is 0 Å². The van der Waals surface area contributed by atoms with Crippen molar-refractivity contribution in [3.05, 3.63) is 12.2 Å². The first-order valence-corrected chi connectivity index (χ1v) is 8.08. The summed E-state index contributed by atoms with van der Waals surface area (Å²) in [6.45, 7) is 2.63. The third-order valence-electron chi connectivity index (χ3n) is 4.59. The number of amides is 2. The maximum Gasteiger partial charge on any atom is 0.260 e. The van der Waals surface area contributed by atoms with Crippen LogP contribution in [0.15, 0.2) is 12.2 Å². The molecule has 2 saturated heterocycles. The molecule has 0 aromatic heterocycles. The number of rotatable bonds is 8. The summed E-state index contributed by atoms with van der Waals surface area (Å²) < 4.78 is 5.57. The largest absolute Gasteiger partial charge is 0.365 e. The van der Waals surface area contributed by atoms with Crippen LogP contribution in [0.1, 0.15) is 45.4 Å². The van der Waals surface area contributed by atoms with E-state index in [4.69, 9.17) is 9.57 Å². The summed E-state index contributed by atoms with van der Waals surface area (Å²) in [5.74, 6) is -1.19. The Hall–Kier alpha value is -1.20. The molecule has 2 amide bonds. The number of hydrogen-bond donors (Lipinski definition) is 0. The number of hydrogen-bond acceptors (Lipinski definition) is 4. The smallest absolute Gasteiger partial charge is 0.260 e. The summed E-state index contributed by atoms with van der Waals surface area (Å²) in [5, 5.41) is 0.997. The van der Waals surface area contributed by atoms with Gasteiger partial charge in [0.15, 0.2) is 0 Å². The number of unbranched alkanes of at least 4 members (excludes halogenated alkanes) is 5. The fourth-order valence-electron chi connectivity index (χ4n) is 3.44. The van der Waals surface area contributed by atoms with Gasteiger partial charge in [0, 0.05) is 0 Å². The highest BCUT2D eigenvalue weighted by Gasteiger charge is 2.61. The Balaban J connectivity index is 1.43. The zero-order valence-corrected chi connectivity index (χ0v) is 12.5. The molecule has 3 aliphatic heterocycles. The molecule has 2 fully saturated rings.